The SMILES string of the molecule is CCCSCc1noc(CCC#N)n1. The lowest BCUT2D eigenvalue weighted by Gasteiger charge is -1.91. The summed E-state index contributed by atoms with van der Waals surface area (Å²) in [5.41, 5.74) is 0. The maximum absolute atomic E-state index is 8.36. The minimum atomic E-state index is 0.434. The summed E-state index contributed by atoms with van der Waals surface area (Å²) in [4.78, 5) is 4.17. The summed E-state index contributed by atoms with van der Waals surface area (Å²) in [7, 11) is 0. The fraction of sp³-hybridized carbons (Fsp3) is 0.667. The lowest BCUT2D eigenvalue weighted by molar-refractivity contribution is 0.375. The molecule has 5 heteroatoms. The molecule has 0 fully saturated rings. The zero-order chi connectivity index (χ0) is 10.2. The fourth-order valence-electron chi connectivity index (χ4n) is 0.921. The quantitative estimate of drug-likeness (QED) is 0.675. The summed E-state index contributed by atoms with van der Waals surface area (Å²) < 4.78 is 4.97. The van der Waals surface area contributed by atoms with E-state index in [9.17, 15) is 0 Å². The van der Waals surface area contributed by atoms with E-state index in [0.29, 0.717) is 18.7 Å². The van der Waals surface area contributed by atoms with E-state index in [2.05, 4.69) is 17.1 Å². The first kappa shape index (κ1) is 11.1. The Morgan fingerprint density at radius 1 is 1.57 bits per heavy atom. The van der Waals surface area contributed by atoms with Gasteiger partial charge in [0.05, 0.1) is 11.8 Å². The Morgan fingerprint density at radius 3 is 3.14 bits per heavy atom. The molecule has 0 aliphatic carbocycles. The highest BCUT2D eigenvalue weighted by Crippen LogP contribution is 2.10. The zero-order valence-corrected chi connectivity index (χ0v) is 9.01. The molecule has 0 saturated heterocycles. The van der Waals surface area contributed by atoms with Crippen LogP contribution in [0.25, 0.3) is 0 Å². The zero-order valence-electron chi connectivity index (χ0n) is 8.19. The van der Waals surface area contributed by atoms with Crippen LogP contribution in [0.2, 0.25) is 0 Å². The van der Waals surface area contributed by atoms with Crippen LogP contribution in [-0.4, -0.2) is 15.9 Å². The van der Waals surface area contributed by atoms with Crippen molar-refractivity contribution in [1.82, 2.24) is 10.1 Å². The predicted octanol–water partition coefficient (Wildman–Crippen LogP) is 2.17. The molecule has 4 nitrogen and oxygen atoms in total. The Hall–Kier alpha value is -1.02. The lowest BCUT2D eigenvalue weighted by atomic mass is 10.3. The standard InChI is InChI=1S/C9H13N3OS/c1-2-6-14-7-8-11-9(13-12-8)4-3-5-10/h2-4,6-7H2,1H3. The van der Waals surface area contributed by atoms with Gasteiger partial charge in [0, 0.05) is 12.8 Å². The number of aromatic nitrogens is 2. The van der Waals surface area contributed by atoms with Crippen molar-refractivity contribution in [2.75, 3.05) is 5.75 Å². The minimum Gasteiger partial charge on any atom is -0.339 e. The van der Waals surface area contributed by atoms with Gasteiger partial charge in [0.1, 0.15) is 0 Å². The van der Waals surface area contributed by atoms with Crippen LogP contribution >= 0.6 is 11.8 Å². The second-order valence-corrected chi connectivity index (χ2v) is 3.92. The molecule has 0 atom stereocenters. The van der Waals surface area contributed by atoms with Crippen LogP contribution in [-0.2, 0) is 12.2 Å². The van der Waals surface area contributed by atoms with Crippen LogP contribution in [0.5, 0.6) is 0 Å². The van der Waals surface area contributed by atoms with Crippen LogP contribution in [0.1, 0.15) is 31.5 Å². The maximum Gasteiger partial charge on any atom is 0.227 e. The third-order valence-corrected chi connectivity index (χ3v) is 2.70. The molecule has 0 amide bonds. The highest BCUT2D eigenvalue weighted by molar-refractivity contribution is 7.98. The van der Waals surface area contributed by atoms with Gasteiger partial charge in [-0.05, 0) is 12.2 Å². The second-order valence-electron chi connectivity index (χ2n) is 2.82. The molecule has 0 bridgehead atoms. The van der Waals surface area contributed by atoms with Gasteiger partial charge in [0.15, 0.2) is 5.82 Å². The molecule has 1 aromatic rings. The molecule has 1 rings (SSSR count). The molecule has 0 unspecified atom stereocenters. The molecular weight excluding hydrogens is 198 g/mol. The number of aryl methyl sites for hydroxylation is 1. The van der Waals surface area contributed by atoms with E-state index in [-0.39, 0.29) is 0 Å². The highest BCUT2D eigenvalue weighted by Gasteiger charge is 2.05. The summed E-state index contributed by atoms with van der Waals surface area (Å²) in [6.07, 6.45) is 2.15. The van der Waals surface area contributed by atoms with Crippen molar-refractivity contribution < 1.29 is 4.52 Å². The maximum atomic E-state index is 8.36. The van der Waals surface area contributed by atoms with E-state index < -0.39 is 0 Å². The molecule has 1 heterocycles. The average molecular weight is 211 g/mol. The van der Waals surface area contributed by atoms with Crippen LogP contribution in [0, 0.1) is 11.3 Å². The number of nitriles is 1. The van der Waals surface area contributed by atoms with Gasteiger partial charge in [-0.1, -0.05) is 12.1 Å². The smallest absolute Gasteiger partial charge is 0.227 e. The van der Waals surface area contributed by atoms with E-state index in [4.69, 9.17) is 9.78 Å². The van der Waals surface area contributed by atoms with E-state index in [1.165, 1.54) is 0 Å². The van der Waals surface area contributed by atoms with Crippen molar-refractivity contribution in [2.24, 2.45) is 0 Å². The van der Waals surface area contributed by atoms with E-state index in [1.54, 1.807) is 11.8 Å². The first-order valence-corrected chi connectivity index (χ1v) is 5.78. The van der Waals surface area contributed by atoms with Gasteiger partial charge in [0.2, 0.25) is 5.89 Å². The number of hydrogen-bond donors (Lipinski definition) is 0. The van der Waals surface area contributed by atoms with Gasteiger partial charge in [-0.15, -0.1) is 0 Å². The van der Waals surface area contributed by atoms with E-state index in [1.807, 2.05) is 6.07 Å². The summed E-state index contributed by atoms with van der Waals surface area (Å²) in [6.45, 7) is 2.14. The van der Waals surface area contributed by atoms with E-state index in [0.717, 1.165) is 23.8 Å². The third kappa shape index (κ3) is 3.79. The molecule has 0 N–H and O–H groups in total. The van der Waals surface area contributed by atoms with Crippen molar-refractivity contribution in [3.63, 3.8) is 0 Å². The molecule has 14 heavy (non-hydrogen) atoms. The number of thioether (sulfide) groups is 1. The monoisotopic (exact) mass is 211 g/mol. The lowest BCUT2D eigenvalue weighted by Crippen LogP contribution is -1.87. The van der Waals surface area contributed by atoms with Crippen molar-refractivity contribution in [3.8, 4) is 6.07 Å². The van der Waals surface area contributed by atoms with Crippen molar-refractivity contribution in [3.05, 3.63) is 11.7 Å². The van der Waals surface area contributed by atoms with Gasteiger partial charge in [0.25, 0.3) is 0 Å². The number of rotatable bonds is 6. The largest absolute Gasteiger partial charge is 0.339 e. The molecule has 1 aromatic heterocycles. The third-order valence-electron chi connectivity index (χ3n) is 1.54. The van der Waals surface area contributed by atoms with Crippen LogP contribution in [0.3, 0.4) is 0 Å². The summed E-state index contributed by atoms with van der Waals surface area (Å²) >= 11 is 1.79. The van der Waals surface area contributed by atoms with Gasteiger partial charge >= 0.3 is 0 Å². The molecule has 0 aliphatic heterocycles. The van der Waals surface area contributed by atoms with Crippen LogP contribution in [0.4, 0.5) is 0 Å². The predicted molar refractivity (Wildman–Crippen MR) is 54.7 cm³/mol. The molecule has 0 spiro atoms. The van der Waals surface area contributed by atoms with Crippen LogP contribution in [0.15, 0.2) is 4.52 Å². The van der Waals surface area contributed by atoms with Crippen LogP contribution < -0.4 is 0 Å². The summed E-state index contributed by atoms with van der Waals surface area (Å²) in [5.74, 6) is 3.21. The first-order chi connectivity index (χ1) is 6.86. The molecule has 0 aliphatic rings. The Kier molecular flexibility index (Phi) is 5.08. The molecule has 0 aromatic carbocycles. The Bertz CT molecular complexity index is 305. The number of hydrogen-bond acceptors (Lipinski definition) is 5. The Morgan fingerprint density at radius 2 is 2.43 bits per heavy atom. The topological polar surface area (TPSA) is 62.7 Å². The molecular formula is C9H13N3OS. The average Bonchev–Trinajstić information content (AvgIpc) is 2.63. The normalized spacial score (nSPS) is 10.0. The number of nitrogens with zero attached hydrogens (tertiary/aromatic N) is 3. The Balaban J connectivity index is 2.32. The minimum absolute atomic E-state index is 0.434. The van der Waals surface area contributed by atoms with Crippen molar-refractivity contribution in [1.29, 1.82) is 5.26 Å². The van der Waals surface area contributed by atoms with Crippen molar-refractivity contribution in [2.45, 2.75) is 31.9 Å². The Labute approximate surface area is 87.7 Å². The van der Waals surface area contributed by atoms with Gasteiger partial charge in [-0.2, -0.15) is 22.0 Å². The summed E-state index contributed by atoms with van der Waals surface area (Å²) in [5, 5.41) is 12.2. The van der Waals surface area contributed by atoms with Crippen molar-refractivity contribution >= 4 is 11.8 Å². The van der Waals surface area contributed by atoms with Gasteiger partial charge in [-0.3, -0.25) is 0 Å². The molecule has 0 saturated carbocycles. The fourth-order valence-corrected chi connectivity index (χ4v) is 1.65. The first-order valence-electron chi connectivity index (χ1n) is 4.63. The van der Waals surface area contributed by atoms with Gasteiger partial charge < -0.3 is 4.52 Å². The molecule has 76 valence electrons. The highest BCUT2D eigenvalue weighted by atomic mass is 32.2. The van der Waals surface area contributed by atoms with Gasteiger partial charge in [-0.25, -0.2) is 0 Å². The van der Waals surface area contributed by atoms with E-state index >= 15 is 0 Å². The summed E-state index contributed by atoms with van der Waals surface area (Å²) in [6, 6.07) is 2.04. The second kappa shape index (κ2) is 6.44. The molecule has 0 radical (unpaired) electrons.